The molecule has 0 atom stereocenters. The summed E-state index contributed by atoms with van der Waals surface area (Å²) >= 11 is 7.14. The van der Waals surface area contributed by atoms with Gasteiger partial charge in [0.15, 0.2) is 0 Å². The fraction of sp³-hybridized carbons (Fsp3) is 0.231. The van der Waals surface area contributed by atoms with Crippen molar-refractivity contribution in [2.75, 3.05) is 0 Å². The lowest BCUT2D eigenvalue weighted by atomic mass is 10.3. The lowest BCUT2D eigenvalue weighted by Crippen LogP contribution is -1.99. The summed E-state index contributed by atoms with van der Waals surface area (Å²) in [7, 11) is 0. The minimum Gasteiger partial charge on any atom is -0.237 e. The average molecular weight is 283 g/mol. The molecule has 1 aromatic carbocycles. The van der Waals surface area contributed by atoms with E-state index in [4.69, 9.17) is 11.6 Å². The third kappa shape index (κ3) is 3.43. The van der Waals surface area contributed by atoms with Gasteiger partial charge in [-0.2, -0.15) is 0 Å². The van der Waals surface area contributed by atoms with Crippen LogP contribution in [-0.2, 0) is 11.6 Å². The van der Waals surface area contributed by atoms with Crippen molar-refractivity contribution in [3.05, 3.63) is 53.4 Å². The van der Waals surface area contributed by atoms with Crippen LogP contribution in [0.1, 0.15) is 17.2 Å². The number of hydrogen-bond acceptors (Lipinski definition) is 3. The lowest BCUT2D eigenvalue weighted by Gasteiger charge is -2.04. The highest BCUT2D eigenvalue weighted by Gasteiger charge is 2.05. The minimum absolute atomic E-state index is 0.215. The Kier molecular flexibility index (Phi) is 4.55. The number of halogens is 2. The number of rotatable bonds is 4. The van der Waals surface area contributed by atoms with Gasteiger partial charge in [-0.25, -0.2) is 14.4 Å². The van der Waals surface area contributed by atoms with Crippen LogP contribution in [0.4, 0.5) is 4.39 Å². The summed E-state index contributed by atoms with van der Waals surface area (Å²) in [4.78, 5) is 9.23. The standard InChI is InChI=1S/C13H12ClFN2S/c1-9-6-10(7-14)17-13(16-9)8-18-12-5-3-2-4-11(12)15/h2-6H,7-8H2,1H3. The van der Waals surface area contributed by atoms with Crippen molar-refractivity contribution in [3.63, 3.8) is 0 Å². The predicted octanol–water partition coefficient (Wildman–Crippen LogP) is 3.96. The van der Waals surface area contributed by atoms with E-state index in [0.717, 1.165) is 11.4 Å². The van der Waals surface area contributed by atoms with Crippen molar-refractivity contribution >= 4 is 23.4 Å². The maximum atomic E-state index is 13.4. The van der Waals surface area contributed by atoms with Crippen molar-refractivity contribution < 1.29 is 4.39 Å². The van der Waals surface area contributed by atoms with Crippen LogP contribution in [0.5, 0.6) is 0 Å². The second-order valence-corrected chi connectivity index (χ2v) is 5.05. The van der Waals surface area contributed by atoms with Crippen LogP contribution in [0.3, 0.4) is 0 Å². The van der Waals surface area contributed by atoms with Gasteiger partial charge in [0.05, 0.1) is 17.3 Å². The van der Waals surface area contributed by atoms with Crippen LogP contribution in [-0.4, -0.2) is 9.97 Å². The molecule has 1 aromatic heterocycles. The quantitative estimate of drug-likeness (QED) is 0.627. The van der Waals surface area contributed by atoms with Gasteiger partial charge in [-0.05, 0) is 25.1 Å². The summed E-state index contributed by atoms with van der Waals surface area (Å²) < 4.78 is 13.4. The Morgan fingerprint density at radius 3 is 2.78 bits per heavy atom. The molecule has 94 valence electrons. The van der Waals surface area contributed by atoms with Crippen LogP contribution in [0.25, 0.3) is 0 Å². The second kappa shape index (κ2) is 6.16. The first-order valence-corrected chi connectivity index (χ1v) is 6.98. The fourth-order valence-electron chi connectivity index (χ4n) is 1.54. The number of hydrogen-bond donors (Lipinski definition) is 0. The molecule has 0 bridgehead atoms. The zero-order chi connectivity index (χ0) is 13.0. The topological polar surface area (TPSA) is 25.8 Å². The van der Waals surface area contributed by atoms with Crippen molar-refractivity contribution in [1.82, 2.24) is 9.97 Å². The molecule has 0 saturated carbocycles. The Labute approximate surface area is 115 Å². The van der Waals surface area contributed by atoms with E-state index in [2.05, 4.69) is 9.97 Å². The van der Waals surface area contributed by atoms with Gasteiger partial charge in [-0.1, -0.05) is 12.1 Å². The van der Waals surface area contributed by atoms with Crippen LogP contribution in [0, 0.1) is 12.7 Å². The van der Waals surface area contributed by atoms with Gasteiger partial charge in [-0.3, -0.25) is 0 Å². The summed E-state index contributed by atoms with van der Waals surface area (Å²) in [5.74, 6) is 1.36. The Hall–Kier alpha value is -1.13. The van der Waals surface area contributed by atoms with E-state index in [1.165, 1.54) is 17.8 Å². The summed E-state index contributed by atoms with van der Waals surface area (Å²) in [5, 5.41) is 0. The number of aryl methyl sites for hydroxylation is 1. The molecular formula is C13H12ClFN2S. The van der Waals surface area contributed by atoms with Gasteiger partial charge in [0, 0.05) is 10.6 Å². The number of thioether (sulfide) groups is 1. The molecule has 0 unspecified atom stereocenters. The largest absolute Gasteiger partial charge is 0.237 e. The van der Waals surface area contributed by atoms with E-state index in [-0.39, 0.29) is 5.82 Å². The van der Waals surface area contributed by atoms with Crippen LogP contribution in [0.15, 0.2) is 35.2 Å². The summed E-state index contributed by atoms with van der Waals surface area (Å²) in [6.45, 7) is 1.90. The van der Waals surface area contributed by atoms with Gasteiger partial charge in [0.1, 0.15) is 11.6 Å². The monoisotopic (exact) mass is 282 g/mol. The van der Waals surface area contributed by atoms with Crippen LogP contribution < -0.4 is 0 Å². The number of aromatic nitrogens is 2. The molecule has 0 aliphatic rings. The van der Waals surface area contributed by atoms with Gasteiger partial charge in [0.25, 0.3) is 0 Å². The number of nitrogens with zero attached hydrogens (tertiary/aromatic N) is 2. The normalized spacial score (nSPS) is 10.6. The molecule has 0 amide bonds. The maximum Gasteiger partial charge on any atom is 0.139 e. The SMILES string of the molecule is Cc1cc(CCl)nc(CSc2ccccc2F)n1. The van der Waals surface area contributed by atoms with Crippen molar-refractivity contribution in [2.24, 2.45) is 0 Å². The number of benzene rings is 1. The van der Waals surface area contributed by atoms with E-state index < -0.39 is 0 Å². The summed E-state index contributed by atoms with van der Waals surface area (Å²) in [5.41, 5.74) is 1.68. The molecule has 2 nitrogen and oxygen atoms in total. The van der Waals surface area contributed by atoms with Crippen molar-refractivity contribution in [3.8, 4) is 0 Å². The van der Waals surface area contributed by atoms with Gasteiger partial charge in [-0.15, -0.1) is 23.4 Å². The molecule has 0 radical (unpaired) electrons. The van der Waals surface area contributed by atoms with E-state index in [9.17, 15) is 4.39 Å². The zero-order valence-electron chi connectivity index (χ0n) is 9.86. The fourth-order valence-corrected chi connectivity index (χ4v) is 2.47. The Balaban J connectivity index is 2.11. The van der Waals surface area contributed by atoms with Gasteiger partial charge in [0.2, 0.25) is 0 Å². The van der Waals surface area contributed by atoms with E-state index in [1.807, 2.05) is 19.1 Å². The third-order valence-electron chi connectivity index (χ3n) is 2.28. The first-order valence-electron chi connectivity index (χ1n) is 5.46. The molecule has 0 N–H and O–H groups in total. The minimum atomic E-state index is -0.215. The Bertz CT molecular complexity index is 548. The molecule has 1 heterocycles. The molecule has 0 fully saturated rings. The Morgan fingerprint density at radius 1 is 1.28 bits per heavy atom. The average Bonchev–Trinajstić information content (AvgIpc) is 2.37. The lowest BCUT2D eigenvalue weighted by molar-refractivity contribution is 0.602. The summed E-state index contributed by atoms with van der Waals surface area (Å²) in [6, 6.07) is 8.53. The van der Waals surface area contributed by atoms with E-state index in [0.29, 0.717) is 22.4 Å². The molecule has 0 spiro atoms. The predicted molar refractivity (Wildman–Crippen MR) is 72.3 cm³/mol. The molecule has 2 aromatic rings. The van der Waals surface area contributed by atoms with Gasteiger partial charge >= 0.3 is 0 Å². The smallest absolute Gasteiger partial charge is 0.139 e. The highest BCUT2D eigenvalue weighted by atomic mass is 35.5. The molecule has 2 rings (SSSR count). The number of alkyl halides is 1. The molecular weight excluding hydrogens is 271 g/mol. The molecule has 5 heteroatoms. The molecule has 0 aliphatic heterocycles. The second-order valence-electron chi connectivity index (χ2n) is 3.77. The first kappa shape index (κ1) is 13.3. The first-order chi connectivity index (χ1) is 8.69. The highest BCUT2D eigenvalue weighted by Crippen LogP contribution is 2.24. The van der Waals surface area contributed by atoms with Crippen molar-refractivity contribution in [1.29, 1.82) is 0 Å². The van der Waals surface area contributed by atoms with E-state index in [1.54, 1.807) is 12.1 Å². The molecule has 0 aliphatic carbocycles. The zero-order valence-corrected chi connectivity index (χ0v) is 11.4. The van der Waals surface area contributed by atoms with Gasteiger partial charge < -0.3 is 0 Å². The Morgan fingerprint density at radius 2 is 2.06 bits per heavy atom. The van der Waals surface area contributed by atoms with Crippen LogP contribution >= 0.6 is 23.4 Å². The highest BCUT2D eigenvalue weighted by molar-refractivity contribution is 7.98. The molecule has 18 heavy (non-hydrogen) atoms. The molecule has 0 saturated heterocycles. The van der Waals surface area contributed by atoms with E-state index >= 15 is 0 Å². The summed E-state index contributed by atoms with van der Waals surface area (Å²) in [6.07, 6.45) is 0. The maximum absolute atomic E-state index is 13.4. The third-order valence-corrected chi connectivity index (χ3v) is 3.60. The van der Waals surface area contributed by atoms with Crippen LogP contribution in [0.2, 0.25) is 0 Å². The van der Waals surface area contributed by atoms with Crippen molar-refractivity contribution in [2.45, 2.75) is 23.5 Å².